The van der Waals surface area contributed by atoms with Crippen LogP contribution in [0.4, 0.5) is 5.82 Å². The normalized spacial score (nSPS) is 9.78. The topological polar surface area (TPSA) is 92.7 Å². The third-order valence-corrected chi connectivity index (χ3v) is 2.45. The molecule has 0 radical (unpaired) electrons. The van der Waals surface area contributed by atoms with Gasteiger partial charge in [-0.25, -0.2) is 9.97 Å². The van der Waals surface area contributed by atoms with Crippen LogP contribution in [0.25, 0.3) is 0 Å². The van der Waals surface area contributed by atoms with Crippen LogP contribution in [-0.4, -0.2) is 15.8 Å². The number of rotatable bonds is 2. The number of carbonyl (C=O) groups excluding carboxylic acids is 1. The molecule has 0 saturated carbocycles. The van der Waals surface area contributed by atoms with E-state index in [9.17, 15) is 4.79 Å². The molecule has 18 heavy (non-hydrogen) atoms. The fourth-order valence-corrected chi connectivity index (χ4v) is 1.56. The molecule has 1 aromatic heterocycles. The predicted octanol–water partition coefficient (Wildman–Crippen LogP) is 1.47. The monoisotopic (exact) mass is 238 g/mol. The van der Waals surface area contributed by atoms with Crippen LogP contribution in [-0.2, 0) is 0 Å². The summed E-state index contributed by atoms with van der Waals surface area (Å²) in [6.45, 7) is 1.64. The zero-order chi connectivity index (χ0) is 13.1. The number of benzene rings is 1. The lowest BCUT2D eigenvalue weighted by Crippen LogP contribution is -2.11. The smallest absolute Gasteiger partial charge is 0.213 e. The van der Waals surface area contributed by atoms with Gasteiger partial charge >= 0.3 is 0 Å². The van der Waals surface area contributed by atoms with Crippen LogP contribution in [0.5, 0.6) is 0 Å². The number of aromatic nitrogens is 2. The molecule has 2 aromatic rings. The van der Waals surface area contributed by atoms with Gasteiger partial charge in [-0.1, -0.05) is 30.3 Å². The van der Waals surface area contributed by atoms with E-state index >= 15 is 0 Å². The van der Waals surface area contributed by atoms with Crippen molar-refractivity contribution in [3.05, 3.63) is 53.0 Å². The number of anilines is 1. The minimum atomic E-state index is -0.267. The van der Waals surface area contributed by atoms with E-state index in [0.29, 0.717) is 11.3 Å². The Hall–Kier alpha value is -2.74. The first kappa shape index (κ1) is 11.7. The molecule has 1 aromatic carbocycles. The summed E-state index contributed by atoms with van der Waals surface area (Å²) in [7, 11) is 0. The molecule has 2 N–H and O–H groups in total. The molecule has 0 atom stereocenters. The summed E-state index contributed by atoms with van der Waals surface area (Å²) >= 11 is 0. The highest BCUT2D eigenvalue weighted by molar-refractivity contribution is 6.08. The zero-order valence-corrected chi connectivity index (χ0v) is 9.71. The van der Waals surface area contributed by atoms with Gasteiger partial charge in [-0.3, -0.25) is 4.79 Å². The number of hydrogen-bond acceptors (Lipinski definition) is 5. The maximum atomic E-state index is 12.2. The van der Waals surface area contributed by atoms with Crippen LogP contribution in [0.2, 0.25) is 0 Å². The molecule has 5 heteroatoms. The molecule has 0 spiro atoms. The number of aryl methyl sites for hydroxylation is 1. The van der Waals surface area contributed by atoms with Crippen LogP contribution in [0.3, 0.4) is 0 Å². The Morgan fingerprint density at radius 3 is 2.56 bits per heavy atom. The summed E-state index contributed by atoms with van der Waals surface area (Å²) < 4.78 is 0. The van der Waals surface area contributed by atoms with Gasteiger partial charge in [-0.05, 0) is 6.92 Å². The summed E-state index contributed by atoms with van der Waals surface area (Å²) in [4.78, 5) is 20.1. The minimum Gasteiger partial charge on any atom is -0.381 e. The fourth-order valence-electron chi connectivity index (χ4n) is 1.56. The van der Waals surface area contributed by atoms with Crippen LogP contribution >= 0.6 is 0 Å². The first-order valence-corrected chi connectivity index (χ1v) is 5.27. The number of hydrogen-bond donors (Lipinski definition) is 1. The van der Waals surface area contributed by atoms with E-state index in [1.54, 1.807) is 31.2 Å². The first-order valence-electron chi connectivity index (χ1n) is 5.27. The van der Waals surface area contributed by atoms with E-state index in [0.717, 1.165) is 0 Å². The molecule has 0 amide bonds. The Kier molecular flexibility index (Phi) is 3.02. The number of ketones is 1. The highest BCUT2D eigenvalue weighted by Gasteiger charge is 2.16. The highest BCUT2D eigenvalue weighted by atomic mass is 16.1. The summed E-state index contributed by atoms with van der Waals surface area (Å²) in [5.74, 6) is -0.225. The van der Waals surface area contributed by atoms with Crippen molar-refractivity contribution in [2.75, 3.05) is 5.73 Å². The van der Waals surface area contributed by atoms with E-state index in [4.69, 9.17) is 11.0 Å². The number of nitrogen functional groups attached to an aromatic ring is 1. The van der Waals surface area contributed by atoms with Crippen LogP contribution in [0, 0.1) is 18.3 Å². The molecule has 1 heterocycles. The van der Waals surface area contributed by atoms with Gasteiger partial charge in [0.15, 0.2) is 11.5 Å². The molecule has 2 rings (SSSR count). The van der Waals surface area contributed by atoms with Crippen molar-refractivity contribution >= 4 is 11.6 Å². The van der Waals surface area contributed by atoms with Crippen molar-refractivity contribution in [2.45, 2.75) is 6.92 Å². The number of nitrogens with zero attached hydrogens (tertiary/aromatic N) is 3. The average Bonchev–Trinajstić information content (AvgIpc) is 2.39. The number of nitriles is 1. The van der Waals surface area contributed by atoms with E-state index in [1.165, 1.54) is 0 Å². The second kappa shape index (κ2) is 4.63. The van der Waals surface area contributed by atoms with Crippen molar-refractivity contribution in [3.63, 3.8) is 0 Å². The minimum absolute atomic E-state index is 0.0279. The highest BCUT2D eigenvalue weighted by Crippen LogP contribution is 2.14. The summed E-state index contributed by atoms with van der Waals surface area (Å²) in [6, 6.07) is 10.5. The van der Waals surface area contributed by atoms with Gasteiger partial charge in [0.05, 0.1) is 5.69 Å². The van der Waals surface area contributed by atoms with Crippen molar-refractivity contribution in [2.24, 2.45) is 0 Å². The molecule has 0 unspecified atom stereocenters. The molecule has 0 aliphatic rings. The Morgan fingerprint density at radius 1 is 1.28 bits per heavy atom. The SMILES string of the molecule is Cc1nc(N)c(C#N)nc1C(=O)c1ccccc1. The molecular formula is C13H10N4O. The Bertz CT molecular complexity index is 644. The van der Waals surface area contributed by atoms with Gasteiger partial charge in [0.2, 0.25) is 5.78 Å². The molecule has 0 aliphatic carbocycles. The molecule has 0 fully saturated rings. The van der Waals surface area contributed by atoms with Gasteiger partial charge < -0.3 is 5.73 Å². The first-order chi connectivity index (χ1) is 8.63. The van der Waals surface area contributed by atoms with E-state index in [1.807, 2.05) is 12.1 Å². The van der Waals surface area contributed by atoms with Gasteiger partial charge in [-0.15, -0.1) is 0 Å². The van der Waals surface area contributed by atoms with Crippen molar-refractivity contribution in [1.29, 1.82) is 5.26 Å². The lowest BCUT2D eigenvalue weighted by Gasteiger charge is -2.05. The maximum Gasteiger partial charge on any atom is 0.213 e. The Balaban J connectivity index is 2.53. The third-order valence-electron chi connectivity index (χ3n) is 2.45. The number of nitrogens with two attached hydrogens (primary N) is 1. The lowest BCUT2D eigenvalue weighted by atomic mass is 10.1. The Morgan fingerprint density at radius 2 is 1.94 bits per heavy atom. The average molecular weight is 238 g/mol. The Labute approximate surface area is 104 Å². The van der Waals surface area contributed by atoms with Crippen LogP contribution < -0.4 is 5.73 Å². The molecule has 0 saturated heterocycles. The predicted molar refractivity (Wildman–Crippen MR) is 65.8 cm³/mol. The summed E-state index contributed by atoms with van der Waals surface area (Å²) in [6.07, 6.45) is 0. The van der Waals surface area contributed by atoms with Crippen LogP contribution in [0.1, 0.15) is 27.4 Å². The van der Waals surface area contributed by atoms with Gasteiger partial charge in [0.25, 0.3) is 0 Å². The van der Waals surface area contributed by atoms with E-state index < -0.39 is 0 Å². The summed E-state index contributed by atoms with van der Waals surface area (Å²) in [5, 5.41) is 8.84. The standard InChI is InChI=1S/C13H10N4O/c1-8-11(17-10(7-14)13(15)16-8)12(18)9-5-3-2-4-6-9/h2-6H,1H3,(H2,15,16). The van der Waals surface area contributed by atoms with E-state index in [-0.39, 0.29) is 23.0 Å². The largest absolute Gasteiger partial charge is 0.381 e. The van der Waals surface area contributed by atoms with Gasteiger partial charge in [0, 0.05) is 5.56 Å². The van der Waals surface area contributed by atoms with Crippen molar-refractivity contribution < 1.29 is 4.79 Å². The van der Waals surface area contributed by atoms with Crippen LogP contribution in [0.15, 0.2) is 30.3 Å². The second-order valence-electron chi connectivity index (χ2n) is 3.70. The fraction of sp³-hybridized carbons (Fsp3) is 0.0769. The number of carbonyl (C=O) groups is 1. The summed E-state index contributed by atoms with van der Waals surface area (Å²) in [5.41, 5.74) is 6.58. The molecule has 0 aliphatic heterocycles. The maximum absolute atomic E-state index is 12.2. The molecular weight excluding hydrogens is 228 g/mol. The molecule has 5 nitrogen and oxygen atoms in total. The van der Waals surface area contributed by atoms with Gasteiger partial charge in [0.1, 0.15) is 11.8 Å². The van der Waals surface area contributed by atoms with Crippen molar-refractivity contribution in [3.8, 4) is 6.07 Å². The van der Waals surface area contributed by atoms with Gasteiger partial charge in [-0.2, -0.15) is 5.26 Å². The third kappa shape index (κ3) is 2.04. The quantitative estimate of drug-likeness (QED) is 0.799. The zero-order valence-electron chi connectivity index (χ0n) is 9.71. The molecule has 88 valence electrons. The van der Waals surface area contributed by atoms with Crippen molar-refractivity contribution in [1.82, 2.24) is 9.97 Å². The molecule has 0 bridgehead atoms. The van der Waals surface area contributed by atoms with E-state index in [2.05, 4.69) is 9.97 Å². The lowest BCUT2D eigenvalue weighted by molar-refractivity contribution is 0.103. The second-order valence-corrected chi connectivity index (χ2v) is 3.70.